The summed E-state index contributed by atoms with van der Waals surface area (Å²) >= 11 is 0. The van der Waals surface area contributed by atoms with Crippen LogP contribution in [-0.2, 0) is 12.8 Å². The van der Waals surface area contributed by atoms with Crippen molar-refractivity contribution in [2.24, 2.45) is 5.73 Å². The van der Waals surface area contributed by atoms with Gasteiger partial charge in [0.1, 0.15) is 11.6 Å². The minimum atomic E-state index is -0.635. The number of primary amides is 1. The van der Waals surface area contributed by atoms with E-state index < -0.39 is 5.91 Å². The van der Waals surface area contributed by atoms with E-state index in [4.69, 9.17) is 16.0 Å². The standard InChI is InChI=1S/C17H22N6O3/c18-15-14(16(19)24)20-9-23(15)10-5-7-22(8-6-10)17(25)13-11-3-1-2-4-12(11)26-21-13/h9-10H,1-8,18H2,(H2,19,24). The van der Waals surface area contributed by atoms with Gasteiger partial charge in [0.15, 0.2) is 11.4 Å². The maximum absolute atomic E-state index is 12.8. The van der Waals surface area contributed by atoms with E-state index in [2.05, 4.69) is 10.1 Å². The highest BCUT2D eigenvalue weighted by Crippen LogP contribution is 2.29. The van der Waals surface area contributed by atoms with Crippen LogP contribution in [-0.4, -0.2) is 44.5 Å². The van der Waals surface area contributed by atoms with Crippen molar-refractivity contribution in [1.82, 2.24) is 19.6 Å². The molecule has 1 aliphatic heterocycles. The highest BCUT2D eigenvalue weighted by Gasteiger charge is 2.31. The van der Waals surface area contributed by atoms with Crippen LogP contribution in [0.5, 0.6) is 0 Å². The molecule has 4 rings (SSSR count). The van der Waals surface area contributed by atoms with Gasteiger partial charge >= 0.3 is 0 Å². The number of rotatable bonds is 3. The van der Waals surface area contributed by atoms with Gasteiger partial charge in [-0.15, -0.1) is 0 Å². The second-order valence-electron chi connectivity index (χ2n) is 6.91. The van der Waals surface area contributed by atoms with Crippen LogP contribution in [0.2, 0.25) is 0 Å². The van der Waals surface area contributed by atoms with Crippen molar-refractivity contribution >= 4 is 17.6 Å². The second-order valence-corrected chi connectivity index (χ2v) is 6.91. The van der Waals surface area contributed by atoms with Crippen molar-refractivity contribution in [1.29, 1.82) is 0 Å². The molecule has 4 N–H and O–H groups in total. The summed E-state index contributed by atoms with van der Waals surface area (Å²) in [5.74, 6) is 0.448. The Bertz CT molecular complexity index is 847. The highest BCUT2D eigenvalue weighted by atomic mass is 16.5. The quantitative estimate of drug-likeness (QED) is 0.837. The van der Waals surface area contributed by atoms with E-state index in [1.807, 2.05) is 4.90 Å². The van der Waals surface area contributed by atoms with Gasteiger partial charge in [0.25, 0.3) is 11.8 Å². The first-order valence-corrected chi connectivity index (χ1v) is 8.95. The number of nitrogen functional groups attached to an aromatic ring is 1. The summed E-state index contributed by atoms with van der Waals surface area (Å²) in [5, 5.41) is 4.03. The Morgan fingerprint density at radius 3 is 2.58 bits per heavy atom. The van der Waals surface area contributed by atoms with Crippen molar-refractivity contribution in [2.75, 3.05) is 18.8 Å². The Morgan fingerprint density at radius 2 is 1.88 bits per heavy atom. The molecule has 2 amide bonds. The van der Waals surface area contributed by atoms with Crippen molar-refractivity contribution in [3.05, 3.63) is 29.0 Å². The van der Waals surface area contributed by atoms with Crippen LogP contribution in [0.15, 0.2) is 10.9 Å². The molecule has 0 unspecified atom stereocenters. The first kappa shape index (κ1) is 16.6. The Labute approximate surface area is 150 Å². The average molecular weight is 358 g/mol. The van der Waals surface area contributed by atoms with Crippen molar-refractivity contribution in [3.63, 3.8) is 0 Å². The molecule has 26 heavy (non-hydrogen) atoms. The third-order valence-electron chi connectivity index (χ3n) is 5.36. The summed E-state index contributed by atoms with van der Waals surface area (Å²) in [6.07, 6.45) is 6.87. The Balaban J connectivity index is 1.44. The van der Waals surface area contributed by atoms with E-state index in [0.29, 0.717) is 18.8 Å². The molecule has 9 heteroatoms. The van der Waals surface area contributed by atoms with Crippen LogP contribution in [0.3, 0.4) is 0 Å². The van der Waals surface area contributed by atoms with E-state index in [1.165, 1.54) is 0 Å². The smallest absolute Gasteiger partial charge is 0.276 e. The average Bonchev–Trinajstić information content (AvgIpc) is 3.25. The summed E-state index contributed by atoms with van der Waals surface area (Å²) in [4.78, 5) is 29.9. The summed E-state index contributed by atoms with van der Waals surface area (Å²) in [6.45, 7) is 1.18. The number of piperidine rings is 1. The van der Waals surface area contributed by atoms with Crippen LogP contribution in [0.25, 0.3) is 0 Å². The second kappa shape index (κ2) is 6.47. The SMILES string of the molecule is NC(=O)c1ncn(C2CCN(C(=O)c3noc4c3CCCC4)CC2)c1N. The number of fused-ring (bicyclic) bond motifs is 1. The summed E-state index contributed by atoms with van der Waals surface area (Å²) in [5.41, 5.74) is 12.8. The Hall–Kier alpha value is -2.84. The third kappa shape index (κ3) is 2.73. The van der Waals surface area contributed by atoms with E-state index >= 15 is 0 Å². The number of carbonyl (C=O) groups is 2. The van der Waals surface area contributed by atoms with Crippen LogP contribution in [0, 0.1) is 0 Å². The fourth-order valence-corrected chi connectivity index (χ4v) is 3.90. The number of amides is 2. The number of likely N-dealkylation sites (tertiary alicyclic amines) is 1. The molecule has 2 aromatic rings. The molecule has 3 heterocycles. The molecule has 1 aliphatic carbocycles. The van der Waals surface area contributed by atoms with Crippen LogP contribution < -0.4 is 11.5 Å². The van der Waals surface area contributed by atoms with Crippen LogP contribution >= 0.6 is 0 Å². The number of hydrogen-bond donors (Lipinski definition) is 2. The topological polar surface area (TPSA) is 133 Å². The summed E-state index contributed by atoms with van der Waals surface area (Å²) in [7, 11) is 0. The van der Waals surface area contributed by atoms with Crippen molar-refractivity contribution in [2.45, 2.75) is 44.6 Å². The van der Waals surface area contributed by atoms with Gasteiger partial charge in [-0.1, -0.05) is 5.16 Å². The third-order valence-corrected chi connectivity index (χ3v) is 5.36. The lowest BCUT2D eigenvalue weighted by molar-refractivity contribution is 0.0684. The zero-order valence-electron chi connectivity index (χ0n) is 14.5. The maximum Gasteiger partial charge on any atom is 0.276 e. The number of aryl methyl sites for hydroxylation is 1. The number of nitrogens with zero attached hydrogens (tertiary/aromatic N) is 4. The number of imidazole rings is 1. The van der Waals surface area contributed by atoms with Gasteiger partial charge in [-0.3, -0.25) is 9.59 Å². The summed E-state index contributed by atoms with van der Waals surface area (Å²) in [6, 6.07) is 0.0888. The molecule has 0 aromatic carbocycles. The fraction of sp³-hybridized carbons (Fsp3) is 0.529. The van der Waals surface area contributed by atoms with Crippen LogP contribution in [0.4, 0.5) is 5.82 Å². The molecule has 2 aliphatic rings. The predicted octanol–water partition coefficient (Wildman–Crippen LogP) is 0.908. The minimum absolute atomic E-state index is 0.0632. The first-order chi connectivity index (χ1) is 12.6. The number of aromatic nitrogens is 3. The van der Waals surface area contributed by atoms with Crippen molar-refractivity contribution < 1.29 is 14.1 Å². The molecular formula is C17H22N6O3. The van der Waals surface area contributed by atoms with E-state index in [-0.39, 0.29) is 23.5 Å². The lowest BCUT2D eigenvalue weighted by atomic mass is 9.95. The predicted molar refractivity (Wildman–Crippen MR) is 92.5 cm³/mol. The first-order valence-electron chi connectivity index (χ1n) is 8.95. The van der Waals surface area contributed by atoms with Gasteiger partial charge in [0.05, 0.1) is 6.33 Å². The van der Waals surface area contributed by atoms with E-state index in [0.717, 1.165) is 49.8 Å². The zero-order chi connectivity index (χ0) is 18.3. The molecule has 9 nitrogen and oxygen atoms in total. The van der Waals surface area contributed by atoms with E-state index in [9.17, 15) is 9.59 Å². The van der Waals surface area contributed by atoms with Gasteiger partial charge in [-0.05, 0) is 32.1 Å². The normalized spacial score (nSPS) is 17.9. The number of carbonyl (C=O) groups excluding carboxylic acids is 2. The zero-order valence-corrected chi connectivity index (χ0v) is 14.5. The summed E-state index contributed by atoms with van der Waals surface area (Å²) < 4.78 is 7.14. The number of nitrogens with two attached hydrogens (primary N) is 2. The molecule has 1 saturated heterocycles. The Morgan fingerprint density at radius 1 is 1.15 bits per heavy atom. The minimum Gasteiger partial charge on any atom is -0.383 e. The van der Waals surface area contributed by atoms with Crippen LogP contribution in [0.1, 0.15) is 64.0 Å². The van der Waals surface area contributed by atoms with Gasteiger partial charge in [-0.2, -0.15) is 0 Å². The molecule has 0 saturated carbocycles. The van der Waals surface area contributed by atoms with E-state index in [1.54, 1.807) is 10.9 Å². The van der Waals surface area contributed by atoms with Crippen molar-refractivity contribution in [3.8, 4) is 0 Å². The Kier molecular flexibility index (Phi) is 4.14. The lowest BCUT2D eigenvalue weighted by Crippen LogP contribution is -2.39. The lowest BCUT2D eigenvalue weighted by Gasteiger charge is -2.32. The molecule has 0 radical (unpaired) electrons. The molecule has 0 bridgehead atoms. The largest absolute Gasteiger partial charge is 0.383 e. The van der Waals surface area contributed by atoms with Gasteiger partial charge in [-0.25, -0.2) is 4.98 Å². The van der Waals surface area contributed by atoms with Gasteiger partial charge in [0.2, 0.25) is 0 Å². The molecule has 138 valence electrons. The van der Waals surface area contributed by atoms with Gasteiger partial charge in [0, 0.05) is 31.1 Å². The number of hydrogen-bond acceptors (Lipinski definition) is 6. The molecule has 2 aromatic heterocycles. The van der Waals surface area contributed by atoms with Gasteiger partial charge < -0.3 is 25.5 Å². The molecule has 0 atom stereocenters. The highest BCUT2D eigenvalue weighted by molar-refractivity contribution is 5.95. The fourth-order valence-electron chi connectivity index (χ4n) is 3.90. The number of anilines is 1. The molecule has 1 fully saturated rings. The molecule has 0 spiro atoms. The molecular weight excluding hydrogens is 336 g/mol. The maximum atomic E-state index is 12.8. The monoisotopic (exact) mass is 358 g/mol.